The first-order chi connectivity index (χ1) is 15.4. The molecular weight excluding hydrogens is 402 g/mol. The number of nitriles is 1. The Balaban J connectivity index is 1.84. The number of aromatic nitrogens is 1. The largest absolute Gasteiger partial charge is 0.497 e. The number of amides is 1. The summed E-state index contributed by atoms with van der Waals surface area (Å²) in [5, 5.41) is 12.4. The van der Waals surface area contributed by atoms with Crippen molar-refractivity contribution in [1.29, 1.82) is 5.26 Å². The maximum atomic E-state index is 12.7. The van der Waals surface area contributed by atoms with Gasteiger partial charge in [0.15, 0.2) is 0 Å². The summed E-state index contributed by atoms with van der Waals surface area (Å²) in [5.41, 5.74) is 5.89. The second-order valence-corrected chi connectivity index (χ2v) is 7.48. The van der Waals surface area contributed by atoms with Crippen LogP contribution < -0.4 is 14.8 Å². The lowest BCUT2D eigenvalue weighted by Gasteiger charge is -2.12. The molecule has 0 aliphatic rings. The maximum absolute atomic E-state index is 12.7. The molecule has 32 heavy (non-hydrogen) atoms. The van der Waals surface area contributed by atoms with E-state index in [-0.39, 0.29) is 12.1 Å². The lowest BCUT2D eigenvalue weighted by molar-refractivity contribution is -0.117. The number of para-hydroxylation sites is 1. The molecule has 0 saturated heterocycles. The van der Waals surface area contributed by atoms with Gasteiger partial charge in [-0.1, -0.05) is 18.2 Å². The van der Waals surface area contributed by atoms with Gasteiger partial charge in [-0.05, 0) is 62.2 Å². The van der Waals surface area contributed by atoms with Crippen LogP contribution in [0.4, 0.5) is 0 Å². The van der Waals surface area contributed by atoms with E-state index in [1.807, 2.05) is 44.2 Å². The average molecular weight is 430 g/mol. The van der Waals surface area contributed by atoms with Gasteiger partial charge in [-0.15, -0.1) is 0 Å². The maximum Gasteiger partial charge on any atom is 0.262 e. The number of carbonyl (C=O) groups excluding carboxylic acids is 1. The number of hydrogen-bond acceptors (Lipinski definition) is 4. The van der Waals surface area contributed by atoms with E-state index in [4.69, 9.17) is 9.47 Å². The van der Waals surface area contributed by atoms with Crippen LogP contribution in [0.25, 0.3) is 11.8 Å². The summed E-state index contributed by atoms with van der Waals surface area (Å²) in [6.45, 7) is 6.29. The third-order valence-corrected chi connectivity index (χ3v) is 5.43. The number of rotatable bonds is 7. The van der Waals surface area contributed by atoms with Gasteiger partial charge >= 0.3 is 0 Å². The minimum Gasteiger partial charge on any atom is -0.497 e. The Morgan fingerprint density at radius 2 is 1.84 bits per heavy atom. The molecule has 0 unspecified atom stereocenters. The van der Waals surface area contributed by atoms with E-state index < -0.39 is 5.91 Å². The van der Waals surface area contributed by atoms with Crippen molar-refractivity contribution >= 4 is 12.0 Å². The van der Waals surface area contributed by atoms with E-state index in [1.165, 1.54) is 0 Å². The van der Waals surface area contributed by atoms with Crippen LogP contribution in [-0.2, 0) is 11.3 Å². The van der Waals surface area contributed by atoms with Crippen molar-refractivity contribution in [3.05, 3.63) is 82.2 Å². The molecular formula is C26H27N3O3. The van der Waals surface area contributed by atoms with Gasteiger partial charge in [0.25, 0.3) is 5.91 Å². The van der Waals surface area contributed by atoms with Crippen molar-refractivity contribution in [1.82, 2.24) is 9.88 Å². The van der Waals surface area contributed by atoms with Crippen molar-refractivity contribution in [3.63, 3.8) is 0 Å². The fourth-order valence-electron chi connectivity index (χ4n) is 3.69. The highest BCUT2D eigenvalue weighted by Crippen LogP contribution is 2.26. The van der Waals surface area contributed by atoms with Crippen molar-refractivity contribution in [2.75, 3.05) is 14.2 Å². The molecule has 0 radical (unpaired) electrons. The van der Waals surface area contributed by atoms with E-state index in [0.29, 0.717) is 11.5 Å². The Morgan fingerprint density at radius 1 is 1.09 bits per heavy atom. The molecule has 1 aromatic heterocycles. The second-order valence-electron chi connectivity index (χ2n) is 7.48. The average Bonchev–Trinajstić information content (AvgIpc) is 3.08. The summed E-state index contributed by atoms with van der Waals surface area (Å²) in [7, 11) is 3.14. The third kappa shape index (κ3) is 4.68. The monoisotopic (exact) mass is 429 g/mol. The zero-order chi connectivity index (χ0) is 23.3. The zero-order valence-electron chi connectivity index (χ0n) is 19.0. The van der Waals surface area contributed by atoms with Crippen LogP contribution in [0.1, 0.15) is 28.1 Å². The van der Waals surface area contributed by atoms with Crippen molar-refractivity contribution in [3.8, 4) is 23.3 Å². The minimum atomic E-state index is -0.439. The summed E-state index contributed by atoms with van der Waals surface area (Å²) in [6, 6.07) is 17.5. The SMILES string of the molecule is COc1ccc(CNC(=O)/C(C#N)=C/c2cc(C)n(-c3ccccc3C)c2C)c(OC)c1. The Morgan fingerprint density at radius 3 is 2.50 bits per heavy atom. The third-order valence-electron chi connectivity index (χ3n) is 5.43. The number of ether oxygens (including phenoxy) is 2. The predicted octanol–water partition coefficient (Wildman–Crippen LogP) is 4.64. The predicted molar refractivity (Wildman–Crippen MR) is 125 cm³/mol. The molecule has 0 fully saturated rings. The van der Waals surface area contributed by atoms with E-state index in [1.54, 1.807) is 32.4 Å². The highest BCUT2D eigenvalue weighted by Gasteiger charge is 2.15. The van der Waals surface area contributed by atoms with Crippen LogP contribution in [-0.4, -0.2) is 24.7 Å². The van der Waals surface area contributed by atoms with Crippen LogP contribution in [0.15, 0.2) is 54.1 Å². The first-order valence-corrected chi connectivity index (χ1v) is 10.3. The smallest absolute Gasteiger partial charge is 0.262 e. The van der Waals surface area contributed by atoms with Crippen molar-refractivity contribution < 1.29 is 14.3 Å². The number of carbonyl (C=O) groups is 1. The van der Waals surface area contributed by atoms with E-state index in [0.717, 1.165) is 33.8 Å². The molecule has 1 heterocycles. The molecule has 0 saturated carbocycles. The highest BCUT2D eigenvalue weighted by atomic mass is 16.5. The van der Waals surface area contributed by atoms with Crippen LogP contribution in [0, 0.1) is 32.1 Å². The molecule has 0 bridgehead atoms. The zero-order valence-corrected chi connectivity index (χ0v) is 19.0. The Hall–Kier alpha value is -3.98. The number of hydrogen-bond donors (Lipinski definition) is 1. The number of benzene rings is 2. The minimum absolute atomic E-state index is 0.0440. The van der Waals surface area contributed by atoms with Crippen LogP contribution in [0.2, 0.25) is 0 Å². The molecule has 0 atom stereocenters. The van der Waals surface area contributed by atoms with Crippen molar-refractivity contribution in [2.24, 2.45) is 0 Å². The molecule has 3 rings (SSSR count). The summed E-state index contributed by atoms with van der Waals surface area (Å²) >= 11 is 0. The quantitative estimate of drug-likeness (QED) is 0.438. The molecule has 0 aliphatic carbocycles. The van der Waals surface area contributed by atoms with Gasteiger partial charge in [-0.3, -0.25) is 4.79 Å². The molecule has 3 aromatic rings. The summed E-state index contributed by atoms with van der Waals surface area (Å²) in [6.07, 6.45) is 1.64. The molecule has 1 N–H and O–H groups in total. The number of methoxy groups -OCH3 is 2. The lowest BCUT2D eigenvalue weighted by atomic mass is 10.1. The standard InChI is InChI=1S/C26H27N3O3/c1-17-8-6-7-9-24(17)29-18(2)12-21(19(29)3)13-22(15-27)26(30)28-16-20-10-11-23(31-4)14-25(20)32-5/h6-14H,16H2,1-5H3,(H,28,30)/b22-13+. The van der Waals surface area contributed by atoms with Gasteiger partial charge < -0.3 is 19.4 Å². The Bertz CT molecular complexity index is 1220. The molecule has 2 aromatic carbocycles. The van der Waals surface area contributed by atoms with Crippen LogP contribution in [0.5, 0.6) is 11.5 Å². The van der Waals surface area contributed by atoms with Crippen LogP contribution in [0.3, 0.4) is 0 Å². The fourth-order valence-corrected chi connectivity index (χ4v) is 3.69. The number of nitrogens with one attached hydrogen (secondary N) is 1. The molecule has 164 valence electrons. The number of nitrogens with zero attached hydrogens (tertiary/aromatic N) is 2. The van der Waals surface area contributed by atoms with Crippen LogP contribution >= 0.6 is 0 Å². The van der Waals surface area contributed by atoms with Gasteiger partial charge in [0, 0.05) is 35.2 Å². The Labute approximate surface area is 188 Å². The lowest BCUT2D eigenvalue weighted by Crippen LogP contribution is -2.24. The molecule has 0 spiro atoms. The van der Waals surface area contributed by atoms with E-state index >= 15 is 0 Å². The van der Waals surface area contributed by atoms with Gasteiger partial charge in [-0.2, -0.15) is 5.26 Å². The van der Waals surface area contributed by atoms with E-state index in [9.17, 15) is 10.1 Å². The Kier molecular flexibility index (Phi) is 7.01. The first-order valence-electron chi connectivity index (χ1n) is 10.3. The van der Waals surface area contributed by atoms with Crippen molar-refractivity contribution in [2.45, 2.75) is 27.3 Å². The normalized spacial score (nSPS) is 11.1. The second kappa shape index (κ2) is 9.88. The fraction of sp³-hybridized carbons (Fsp3) is 0.231. The first kappa shape index (κ1) is 22.7. The molecule has 6 nitrogen and oxygen atoms in total. The summed E-state index contributed by atoms with van der Waals surface area (Å²) < 4.78 is 12.7. The van der Waals surface area contributed by atoms with Gasteiger partial charge in [0.05, 0.1) is 14.2 Å². The van der Waals surface area contributed by atoms with Gasteiger partial charge in [0.2, 0.25) is 0 Å². The molecule has 0 aliphatic heterocycles. The molecule has 1 amide bonds. The highest BCUT2D eigenvalue weighted by molar-refractivity contribution is 6.01. The van der Waals surface area contributed by atoms with Gasteiger partial charge in [-0.25, -0.2) is 0 Å². The topological polar surface area (TPSA) is 76.3 Å². The summed E-state index contributed by atoms with van der Waals surface area (Å²) in [4.78, 5) is 12.7. The summed E-state index contributed by atoms with van der Waals surface area (Å²) in [5.74, 6) is 0.832. The number of aryl methyl sites for hydroxylation is 2. The van der Waals surface area contributed by atoms with E-state index in [2.05, 4.69) is 28.9 Å². The van der Waals surface area contributed by atoms with Gasteiger partial charge in [0.1, 0.15) is 23.1 Å². The molecule has 6 heteroatoms.